The van der Waals surface area contributed by atoms with Crippen LogP contribution < -0.4 is 5.32 Å². The molecule has 0 unspecified atom stereocenters. The number of hydrogen-bond acceptors (Lipinski definition) is 6. The van der Waals surface area contributed by atoms with Gasteiger partial charge in [0.05, 0.1) is 18.7 Å². The minimum Gasteiger partial charge on any atom is -0.465 e. The van der Waals surface area contributed by atoms with E-state index in [4.69, 9.17) is 0 Å². The van der Waals surface area contributed by atoms with E-state index in [0.717, 1.165) is 25.7 Å². The first-order chi connectivity index (χ1) is 11.7. The van der Waals surface area contributed by atoms with E-state index in [9.17, 15) is 9.59 Å². The van der Waals surface area contributed by atoms with Crippen LogP contribution in [0.2, 0.25) is 0 Å². The van der Waals surface area contributed by atoms with Crippen molar-refractivity contribution in [2.75, 3.05) is 7.11 Å². The Kier molecular flexibility index (Phi) is 4.83. The third-order valence-corrected chi connectivity index (χ3v) is 4.26. The van der Waals surface area contributed by atoms with E-state index in [1.54, 1.807) is 6.33 Å². The highest BCUT2D eigenvalue weighted by Gasteiger charge is 2.24. The molecule has 0 radical (unpaired) electrons. The summed E-state index contributed by atoms with van der Waals surface area (Å²) in [6.45, 7) is 0. The van der Waals surface area contributed by atoms with Crippen molar-refractivity contribution in [1.29, 1.82) is 0 Å². The number of pyridine rings is 1. The lowest BCUT2D eigenvalue weighted by Crippen LogP contribution is -2.38. The van der Waals surface area contributed by atoms with E-state index in [1.807, 2.05) is 4.68 Å². The summed E-state index contributed by atoms with van der Waals surface area (Å²) in [5.41, 5.74) is 0.614. The number of nitrogens with zero attached hydrogens (tertiary/aromatic N) is 4. The summed E-state index contributed by atoms with van der Waals surface area (Å²) in [6.07, 6.45) is 8.29. The molecule has 1 amide bonds. The number of carbonyl (C=O) groups excluding carboxylic acids is 2. The Labute approximate surface area is 139 Å². The molecule has 0 aliphatic heterocycles. The molecule has 3 rings (SSSR count). The monoisotopic (exact) mass is 329 g/mol. The summed E-state index contributed by atoms with van der Waals surface area (Å²) < 4.78 is 6.49. The van der Waals surface area contributed by atoms with Gasteiger partial charge in [-0.1, -0.05) is 0 Å². The predicted octanol–water partition coefficient (Wildman–Crippen LogP) is 1.37. The minimum atomic E-state index is -0.471. The van der Waals surface area contributed by atoms with Crippen LogP contribution >= 0.6 is 0 Å². The van der Waals surface area contributed by atoms with Crippen LogP contribution in [-0.4, -0.2) is 44.8 Å². The largest absolute Gasteiger partial charge is 0.465 e. The second-order valence-electron chi connectivity index (χ2n) is 5.78. The van der Waals surface area contributed by atoms with Gasteiger partial charge in [0, 0.05) is 12.2 Å². The smallest absolute Gasteiger partial charge is 0.339 e. The van der Waals surface area contributed by atoms with Crippen LogP contribution in [0, 0.1) is 0 Å². The Balaban J connectivity index is 1.53. The first-order valence-corrected chi connectivity index (χ1v) is 7.86. The first-order valence-electron chi connectivity index (χ1n) is 7.86. The molecule has 0 aromatic carbocycles. The zero-order valence-electron chi connectivity index (χ0n) is 13.4. The van der Waals surface area contributed by atoms with Gasteiger partial charge in [0.1, 0.15) is 18.3 Å². The maximum absolute atomic E-state index is 12.3. The molecule has 1 aliphatic rings. The lowest BCUT2D eigenvalue weighted by molar-refractivity contribution is 0.0599. The summed E-state index contributed by atoms with van der Waals surface area (Å²) in [5.74, 6) is -0.698. The number of esters is 1. The van der Waals surface area contributed by atoms with Gasteiger partial charge in [-0.25, -0.2) is 14.5 Å². The topological polar surface area (TPSA) is 99.0 Å². The number of aromatic nitrogens is 4. The van der Waals surface area contributed by atoms with Crippen molar-refractivity contribution in [1.82, 2.24) is 25.1 Å². The van der Waals surface area contributed by atoms with Crippen LogP contribution in [0.15, 0.2) is 31.0 Å². The van der Waals surface area contributed by atoms with Gasteiger partial charge in [0.25, 0.3) is 5.91 Å². The number of amides is 1. The minimum absolute atomic E-state index is 0.124. The Morgan fingerprint density at radius 2 is 2.04 bits per heavy atom. The first kappa shape index (κ1) is 16.1. The highest BCUT2D eigenvalue weighted by atomic mass is 16.5. The van der Waals surface area contributed by atoms with Crippen molar-refractivity contribution < 1.29 is 14.3 Å². The van der Waals surface area contributed by atoms with Crippen LogP contribution in [0.3, 0.4) is 0 Å². The fraction of sp³-hybridized carbons (Fsp3) is 0.438. The van der Waals surface area contributed by atoms with Gasteiger partial charge >= 0.3 is 5.97 Å². The highest BCUT2D eigenvalue weighted by molar-refractivity contribution is 5.94. The van der Waals surface area contributed by atoms with Gasteiger partial charge in [-0.3, -0.25) is 9.78 Å². The van der Waals surface area contributed by atoms with Crippen molar-refractivity contribution in [3.05, 3.63) is 42.2 Å². The standard InChI is InChI=1S/C16H19N5O3/c1-24-16(23)11-2-7-14(18-8-11)15(22)20-12-3-5-13(6-4-12)21-10-17-9-19-21/h2,7-10,12-13H,3-6H2,1H3,(H,20,22). The molecule has 0 bridgehead atoms. The Hall–Kier alpha value is -2.77. The molecule has 2 aromatic rings. The number of ether oxygens (including phenoxy) is 1. The molecular formula is C16H19N5O3. The van der Waals surface area contributed by atoms with E-state index < -0.39 is 5.97 Å². The molecular weight excluding hydrogens is 310 g/mol. The zero-order chi connectivity index (χ0) is 16.9. The van der Waals surface area contributed by atoms with E-state index in [2.05, 4.69) is 25.1 Å². The van der Waals surface area contributed by atoms with Gasteiger partial charge in [-0.2, -0.15) is 5.10 Å². The van der Waals surface area contributed by atoms with Crippen LogP contribution in [-0.2, 0) is 4.74 Å². The molecule has 8 heteroatoms. The molecule has 1 fully saturated rings. The molecule has 2 heterocycles. The molecule has 0 spiro atoms. The number of rotatable bonds is 4. The van der Waals surface area contributed by atoms with Crippen molar-refractivity contribution in [2.24, 2.45) is 0 Å². The van der Waals surface area contributed by atoms with Crippen molar-refractivity contribution in [3.8, 4) is 0 Å². The average molecular weight is 329 g/mol. The third kappa shape index (κ3) is 3.58. The summed E-state index contributed by atoms with van der Waals surface area (Å²) in [6, 6.07) is 3.54. The number of nitrogens with one attached hydrogen (secondary N) is 1. The molecule has 1 saturated carbocycles. The van der Waals surface area contributed by atoms with Gasteiger partial charge < -0.3 is 10.1 Å². The molecule has 0 atom stereocenters. The average Bonchev–Trinajstić information content (AvgIpc) is 3.16. The zero-order valence-corrected chi connectivity index (χ0v) is 13.4. The molecule has 126 valence electrons. The van der Waals surface area contributed by atoms with E-state index >= 15 is 0 Å². The van der Waals surface area contributed by atoms with E-state index in [1.165, 1.54) is 31.8 Å². The number of hydrogen-bond donors (Lipinski definition) is 1. The molecule has 24 heavy (non-hydrogen) atoms. The van der Waals surface area contributed by atoms with E-state index in [0.29, 0.717) is 17.3 Å². The quantitative estimate of drug-likeness (QED) is 0.851. The molecule has 1 N–H and O–H groups in total. The summed E-state index contributed by atoms with van der Waals surface area (Å²) in [5, 5.41) is 7.17. The number of carbonyl (C=O) groups is 2. The Morgan fingerprint density at radius 3 is 2.62 bits per heavy atom. The lowest BCUT2D eigenvalue weighted by atomic mass is 9.91. The SMILES string of the molecule is COC(=O)c1ccc(C(=O)NC2CCC(n3cncn3)CC2)nc1. The lowest BCUT2D eigenvalue weighted by Gasteiger charge is -2.28. The van der Waals surface area contributed by atoms with E-state index in [-0.39, 0.29) is 11.9 Å². The normalized spacial score (nSPS) is 20.4. The van der Waals surface area contributed by atoms with Crippen molar-refractivity contribution in [2.45, 2.75) is 37.8 Å². The van der Waals surface area contributed by atoms with Crippen molar-refractivity contribution in [3.63, 3.8) is 0 Å². The van der Waals surface area contributed by atoms with Crippen LogP contribution in [0.5, 0.6) is 0 Å². The maximum Gasteiger partial charge on any atom is 0.339 e. The molecule has 8 nitrogen and oxygen atoms in total. The molecule has 1 aliphatic carbocycles. The Bertz CT molecular complexity index is 691. The summed E-state index contributed by atoms with van der Waals surface area (Å²) in [7, 11) is 1.30. The highest BCUT2D eigenvalue weighted by Crippen LogP contribution is 2.27. The second-order valence-corrected chi connectivity index (χ2v) is 5.78. The van der Waals surface area contributed by atoms with Gasteiger partial charge in [0.2, 0.25) is 0 Å². The van der Waals surface area contributed by atoms with Gasteiger partial charge in [-0.05, 0) is 37.8 Å². The molecule has 0 saturated heterocycles. The summed E-state index contributed by atoms with van der Waals surface area (Å²) in [4.78, 5) is 31.6. The fourth-order valence-corrected chi connectivity index (χ4v) is 2.92. The summed E-state index contributed by atoms with van der Waals surface area (Å²) >= 11 is 0. The van der Waals surface area contributed by atoms with Crippen LogP contribution in [0.1, 0.15) is 52.6 Å². The van der Waals surface area contributed by atoms with Crippen molar-refractivity contribution >= 4 is 11.9 Å². The van der Waals surface area contributed by atoms with Crippen LogP contribution in [0.4, 0.5) is 0 Å². The predicted molar refractivity (Wildman–Crippen MR) is 84.4 cm³/mol. The van der Waals surface area contributed by atoms with Gasteiger partial charge in [-0.15, -0.1) is 0 Å². The Morgan fingerprint density at radius 1 is 1.25 bits per heavy atom. The molecule has 2 aromatic heterocycles. The van der Waals surface area contributed by atoms with Gasteiger partial charge in [0.15, 0.2) is 0 Å². The fourth-order valence-electron chi connectivity index (χ4n) is 2.92. The third-order valence-electron chi connectivity index (χ3n) is 4.26. The maximum atomic E-state index is 12.3. The second kappa shape index (κ2) is 7.20. The number of methoxy groups -OCH3 is 1. The van der Waals surface area contributed by atoms with Crippen LogP contribution in [0.25, 0.3) is 0 Å².